The molecule has 0 radical (unpaired) electrons. The van der Waals surface area contributed by atoms with Crippen LogP contribution < -0.4 is 19.8 Å². The number of halogens is 4. The van der Waals surface area contributed by atoms with Crippen molar-refractivity contribution in [3.05, 3.63) is 108 Å². The number of nitro groups is 1. The van der Waals surface area contributed by atoms with Gasteiger partial charge in [-0.3, -0.25) is 34.2 Å². The number of hydrogen-bond donors (Lipinski definition) is 2. The van der Waals surface area contributed by atoms with Gasteiger partial charge in [-0.05, 0) is 66.6 Å². The summed E-state index contributed by atoms with van der Waals surface area (Å²) in [5, 5.41) is 14.2. The van der Waals surface area contributed by atoms with Crippen LogP contribution in [0.4, 0.5) is 30.2 Å². The van der Waals surface area contributed by atoms with E-state index in [1.165, 1.54) is 48.2 Å². The minimum atomic E-state index is -4.69. The first-order valence-electron chi connectivity index (χ1n) is 15.7. The number of fused-ring (bicyclic) bond motifs is 9. The largest absolute Gasteiger partial charge is 0.483 e. The van der Waals surface area contributed by atoms with Crippen LogP contribution in [0, 0.1) is 39.7 Å². The number of rotatable bonds is 7. The number of aromatic amines is 1. The molecule has 8 rings (SSSR count). The number of para-hydroxylation sites is 1. The first-order valence-corrected chi connectivity index (χ1v) is 17.8. The van der Waals surface area contributed by atoms with Gasteiger partial charge in [-0.2, -0.15) is 13.2 Å². The predicted molar refractivity (Wildman–Crippen MR) is 181 cm³/mol. The monoisotopic (exact) mass is 756 g/mol. The zero-order valence-corrected chi connectivity index (χ0v) is 28.3. The van der Waals surface area contributed by atoms with Gasteiger partial charge in [0, 0.05) is 38.8 Å². The van der Waals surface area contributed by atoms with Crippen LogP contribution in [0.5, 0.6) is 5.75 Å². The summed E-state index contributed by atoms with van der Waals surface area (Å²) in [6, 6.07) is 14.6. The quantitative estimate of drug-likeness (QED) is 0.120. The molecule has 262 valence electrons. The average Bonchev–Trinajstić information content (AvgIpc) is 3.82. The van der Waals surface area contributed by atoms with Gasteiger partial charge in [-0.15, -0.1) is 11.8 Å². The number of nitrogens with zero attached hydrogens (tertiary/aromatic N) is 2. The van der Waals surface area contributed by atoms with E-state index in [4.69, 9.17) is 16.3 Å². The van der Waals surface area contributed by atoms with E-state index in [9.17, 15) is 42.5 Å². The smallest absolute Gasteiger partial charge is 0.418 e. The number of ether oxygens (including phenoxy) is 1. The van der Waals surface area contributed by atoms with Crippen LogP contribution >= 0.6 is 34.7 Å². The van der Waals surface area contributed by atoms with Crippen LogP contribution in [-0.2, 0) is 20.6 Å². The molecular formula is C34H24ClF3N4O7S2. The third-order valence-corrected chi connectivity index (χ3v) is 13.0. The van der Waals surface area contributed by atoms with Gasteiger partial charge in [-0.1, -0.05) is 35.1 Å². The molecule has 51 heavy (non-hydrogen) atoms. The maximum absolute atomic E-state index is 14.1. The third kappa shape index (κ3) is 5.51. The molecule has 3 amide bonds. The highest BCUT2D eigenvalue weighted by molar-refractivity contribution is 8.00. The molecular weight excluding hydrogens is 733 g/mol. The number of aromatic nitrogens is 1. The van der Waals surface area contributed by atoms with E-state index in [0.29, 0.717) is 26.9 Å². The number of thioether (sulfide) groups is 1. The number of H-pyrrole nitrogens is 1. The number of benzene rings is 3. The molecule has 4 aliphatic rings. The number of carbonyl (C=O) groups excluding carboxylic acids is 3. The summed E-state index contributed by atoms with van der Waals surface area (Å²) in [4.78, 5) is 68.7. The van der Waals surface area contributed by atoms with E-state index in [-0.39, 0.29) is 56.8 Å². The fraction of sp³-hybridized carbons (Fsp3) is 0.294. The van der Waals surface area contributed by atoms with Crippen molar-refractivity contribution in [3.63, 3.8) is 0 Å². The number of carbonyl (C=O) groups is 3. The number of anilines is 2. The van der Waals surface area contributed by atoms with Crippen molar-refractivity contribution in [1.82, 2.24) is 4.98 Å². The van der Waals surface area contributed by atoms with E-state index in [2.05, 4.69) is 10.3 Å². The molecule has 2 aliphatic carbocycles. The van der Waals surface area contributed by atoms with Crippen LogP contribution in [0.3, 0.4) is 0 Å². The van der Waals surface area contributed by atoms with Crippen molar-refractivity contribution < 1.29 is 37.2 Å². The van der Waals surface area contributed by atoms with E-state index >= 15 is 0 Å². The van der Waals surface area contributed by atoms with Crippen molar-refractivity contribution in [2.45, 2.75) is 28.8 Å². The van der Waals surface area contributed by atoms with E-state index in [1.54, 1.807) is 18.2 Å². The molecule has 0 spiro atoms. The second-order valence-corrected chi connectivity index (χ2v) is 15.4. The summed E-state index contributed by atoms with van der Waals surface area (Å²) < 4.78 is 46.6. The van der Waals surface area contributed by atoms with Gasteiger partial charge in [-0.25, -0.2) is 0 Å². The normalized spacial score (nSPS) is 26.1. The van der Waals surface area contributed by atoms with Gasteiger partial charge in [0.15, 0.2) is 6.61 Å². The van der Waals surface area contributed by atoms with Crippen molar-refractivity contribution in [1.29, 1.82) is 0 Å². The molecule has 17 heteroatoms. The standard InChI is InChI=1S/C34H24ClF3N4O7S2/c35-14-5-10-22(49-13-23(43)39-21-4-2-1-3-20(21)34(36,37)38)17(11-14)24-25-18-12-19(28(25)50-30-29(24)51-33(46)40-30)27-26(18)31(44)41(32(27)45)15-6-8-16(9-7-15)42(47)48/h1-11,18-19,24-28H,12-13H2,(H,39,43)(H,40,46)/t18?,19?,24-,25?,26?,27?,28?/m1/s1. The Morgan fingerprint density at radius 1 is 1.04 bits per heavy atom. The molecule has 2 bridgehead atoms. The molecule has 11 nitrogen and oxygen atoms in total. The van der Waals surface area contributed by atoms with Crippen molar-refractivity contribution >= 4 is 69.5 Å². The summed E-state index contributed by atoms with van der Waals surface area (Å²) in [5.41, 5.74) is -0.814. The number of thiazole rings is 1. The summed E-state index contributed by atoms with van der Waals surface area (Å²) in [6.07, 6.45) is -4.11. The number of hydrogen-bond acceptors (Lipinski definition) is 9. The highest BCUT2D eigenvalue weighted by atomic mass is 35.5. The fourth-order valence-electron chi connectivity index (χ4n) is 8.41. The maximum atomic E-state index is 14.1. The lowest BCUT2D eigenvalue weighted by atomic mass is 9.68. The van der Waals surface area contributed by atoms with Crippen molar-refractivity contribution in [2.24, 2.45) is 29.6 Å². The van der Waals surface area contributed by atoms with E-state index in [0.717, 1.165) is 28.4 Å². The average molecular weight is 757 g/mol. The lowest BCUT2D eigenvalue weighted by Crippen LogP contribution is -2.42. The second kappa shape index (κ2) is 12.2. The van der Waals surface area contributed by atoms with Crippen LogP contribution in [0.25, 0.3) is 0 Å². The summed E-state index contributed by atoms with van der Waals surface area (Å²) in [6.45, 7) is -0.638. The second-order valence-electron chi connectivity index (χ2n) is 12.8. The molecule has 2 aliphatic heterocycles. The Balaban J connectivity index is 1.12. The molecule has 3 aromatic carbocycles. The molecule has 1 saturated heterocycles. The van der Waals surface area contributed by atoms with Crippen molar-refractivity contribution in [2.75, 3.05) is 16.8 Å². The fourth-order valence-corrected chi connectivity index (χ4v) is 11.5. The Kier molecular flexibility index (Phi) is 8.03. The van der Waals surface area contributed by atoms with E-state index in [1.807, 2.05) is 0 Å². The molecule has 1 aromatic heterocycles. The number of non-ortho nitro benzene ring substituents is 1. The molecule has 3 heterocycles. The number of alkyl halides is 3. The van der Waals surface area contributed by atoms with Gasteiger partial charge < -0.3 is 15.0 Å². The Morgan fingerprint density at radius 2 is 1.75 bits per heavy atom. The SMILES string of the molecule is O=C(COc1ccc(Cl)cc1[C@H]1c2sc(=O)[nH]c2SC2C3CC(C4C(=O)N(c5ccc([N+](=O)[O-])cc5)C(=O)C34)C21)Nc1ccccc1C(F)(F)F. The maximum Gasteiger partial charge on any atom is 0.418 e. The zero-order chi connectivity index (χ0) is 35.9. The minimum Gasteiger partial charge on any atom is -0.483 e. The molecule has 4 aromatic rings. The first kappa shape index (κ1) is 33.5. The topological polar surface area (TPSA) is 152 Å². The van der Waals surface area contributed by atoms with Gasteiger partial charge >= 0.3 is 11.0 Å². The lowest BCUT2D eigenvalue weighted by molar-refractivity contribution is -0.384. The predicted octanol–water partition coefficient (Wildman–Crippen LogP) is 6.71. The lowest BCUT2D eigenvalue weighted by Gasteiger charge is -2.43. The highest BCUT2D eigenvalue weighted by Crippen LogP contribution is 2.69. The summed E-state index contributed by atoms with van der Waals surface area (Å²) >= 11 is 8.98. The molecule has 7 atom stereocenters. The Morgan fingerprint density at radius 3 is 2.45 bits per heavy atom. The van der Waals surface area contributed by atoms with E-state index < -0.39 is 52.6 Å². The van der Waals surface area contributed by atoms with Crippen LogP contribution in [0.15, 0.2) is 76.6 Å². The Hall–Kier alpha value is -4.67. The molecule has 2 N–H and O–H groups in total. The zero-order valence-electron chi connectivity index (χ0n) is 25.9. The molecule has 3 fully saturated rings. The van der Waals surface area contributed by atoms with Crippen LogP contribution in [0.2, 0.25) is 5.02 Å². The molecule has 6 unspecified atom stereocenters. The number of amides is 3. The number of nitro benzene ring substituents is 1. The number of nitrogens with one attached hydrogen (secondary N) is 2. The Bertz CT molecular complexity index is 2190. The van der Waals surface area contributed by atoms with Gasteiger partial charge in [0.05, 0.1) is 38.7 Å². The van der Waals surface area contributed by atoms with Crippen molar-refractivity contribution in [3.8, 4) is 5.75 Å². The van der Waals surface area contributed by atoms with Crippen LogP contribution in [-0.4, -0.2) is 39.5 Å². The van der Waals surface area contributed by atoms with Gasteiger partial charge in [0.2, 0.25) is 11.8 Å². The molecule has 2 saturated carbocycles. The summed E-state index contributed by atoms with van der Waals surface area (Å²) in [7, 11) is 0. The Labute approximate surface area is 299 Å². The summed E-state index contributed by atoms with van der Waals surface area (Å²) in [5.74, 6) is -3.95. The van der Waals surface area contributed by atoms with Gasteiger partial charge in [0.25, 0.3) is 11.6 Å². The van der Waals surface area contributed by atoms with Crippen LogP contribution in [0.1, 0.15) is 28.3 Å². The minimum absolute atomic E-state index is 0.174. The first-order chi connectivity index (χ1) is 24.3. The third-order valence-electron chi connectivity index (χ3n) is 10.2. The highest BCUT2D eigenvalue weighted by Gasteiger charge is 2.70. The van der Waals surface area contributed by atoms with Gasteiger partial charge in [0.1, 0.15) is 5.75 Å². The number of imide groups is 1.